The summed E-state index contributed by atoms with van der Waals surface area (Å²) in [4.78, 5) is 0. The molecule has 1 saturated heterocycles. The predicted octanol–water partition coefficient (Wildman–Crippen LogP) is 2.27. The molecular formula is C10H18O2. The third-order valence-corrected chi connectivity index (χ3v) is 2.57. The van der Waals surface area contributed by atoms with Gasteiger partial charge in [-0.15, -0.1) is 0 Å². The highest BCUT2D eigenvalue weighted by atomic mass is 16.7. The van der Waals surface area contributed by atoms with E-state index in [9.17, 15) is 0 Å². The monoisotopic (exact) mass is 170 g/mol. The lowest BCUT2D eigenvalue weighted by Crippen LogP contribution is -2.43. The van der Waals surface area contributed by atoms with E-state index < -0.39 is 0 Å². The summed E-state index contributed by atoms with van der Waals surface area (Å²) in [5, 5.41) is 0. The highest BCUT2D eigenvalue weighted by Gasteiger charge is 2.33. The van der Waals surface area contributed by atoms with Crippen molar-refractivity contribution in [2.75, 3.05) is 13.2 Å². The molecule has 2 heteroatoms. The van der Waals surface area contributed by atoms with Crippen LogP contribution in [-0.2, 0) is 9.47 Å². The summed E-state index contributed by atoms with van der Waals surface area (Å²) in [5.74, 6) is 0.0716. The van der Waals surface area contributed by atoms with Crippen molar-refractivity contribution >= 4 is 0 Å². The van der Waals surface area contributed by atoms with Crippen molar-refractivity contribution in [2.45, 2.75) is 38.9 Å². The van der Waals surface area contributed by atoms with E-state index in [1.165, 1.54) is 0 Å². The lowest BCUT2D eigenvalue weighted by atomic mass is 10.0. The van der Waals surface area contributed by atoms with Crippen LogP contribution in [0.25, 0.3) is 0 Å². The normalized spacial score (nSPS) is 24.2. The average Bonchev–Trinajstić information content (AvgIpc) is 2.18. The van der Waals surface area contributed by atoms with Gasteiger partial charge in [0.1, 0.15) is 0 Å². The maximum Gasteiger partial charge on any atom is 0.167 e. The van der Waals surface area contributed by atoms with Gasteiger partial charge in [0, 0.05) is 5.92 Å². The van der Waals surface area contributed by atoms with Crippen molar-refractivity contribution in [2.24, 2.45) is 5.92 Å². The largest absolute Gasteiger partial charge is 0.350 e. The maximum atomic E-state index is 5.67. The summed E-state index contributed by atoms with van der Waals surface area (Å²) in [6, 6.07) is 0. The molecule has 12 heavy (non-hydrogen) atoms. The van der Waals surface area contributed by atoms with Crippen LogP contribution in [0.15, 0.2) is 0 Å². The molecule has 0 aromatic carbocycles. The van der Waals surface area contributed by atoms with Crippen molar-refractivity contribution in [3.05, 3.63) is 6.92 Å². The first kappa shape index (κ1) is 10.0. The summed E-state index contributed by atoms with van der Waals surface area (Å²) in [5.41, 5.74) is 0. The van der Waals surface area contributed by atoms with Crippen LogP contribution in [0.5, 0.6) is 0 Å². The third kappa shape index (κ3) is 1.99. The van der Waals surface area contributed by atoms with Crippen molar-refractivity contribution in [3.63, 3.8) is 0 Å². The van der Waals surface area contributed by atoms with Gasteiger partial charge in [-0.3, -0.25) is 0 Å². The van der Waals surface area contributed by atoms with Crippen molar-refractivity contribution < 1.29 is 9.47 Å². The molecule has 1 fully saturated rings. The Kier molecular flexibility index (Phi) is 3.53. The molecule has 0 spiro atoms. The van der Waals surface area contributed by atoms with Crippen molar-refractivity contribution in [1.29, 1.82) is 0 Å². The van der Waals surface area contributed by atoms with Crippen LogP contribution in [0.2, 0.25) is 0 Å². The molecule has 0 bridgehead atoms. The first-order valence-electron chi connectivity index (χ1n) is 4.74. The van der Waals surface area contributed by atoms with Crippen LogP contribution in [0.3, 0.4) is 0 Å². The lowest BCUT2D eigenvalue weighted by Gasteiger charge is -2.38. The van der Waals surface area contributed by atoms with Gasteiger partial charge in [-0.2, -0.15) is 0 Å². The molecule has 0 aromatic heterocycles. The molecule has 0 amide bonds. The average molecular weight is 170 g/mol. The summed E-state index contributed by atoms with van der Waals surface area (Å²) >= 11 is 0. The molecular weight excluding hydrogens is 152 g/mol. The predicted molar refractivity (Wildman–Crippen MR) is 47.6 cm³/mol. The summed E-state index contributed by atoms with van der Waals surface area (Å²) in [6.07, 6.45) is 2.49. The molecule has 0 aromatic rings. The second-order valence-electron chi connectivity index (χ2n) is 3.34. The standard InChI is InChI=1S/C10H18O2/c1-4-9-7-11-10(5-2,6-3)12-8-9/h1,9H,4-8H2,2-3H3. The Morgan fingerprint density at radius 1 is 1.25 bits per heavy atom. The van der Waals surface area contributed by atoms with Gasteiger partial charge >= 0.3 is 0 Å². The Balaban J connectivity index is 2.42. The molecule has 2 nitrogen and oxygen atoms in total. The molecule has 70 valence electrons. The van der Waals surface area contributed by atoms with Gasteiger partial charge in [0.05, 0.1) is 13.2 Å². The Morgan fingerprint density at radius 3 is 2.08 bits per heavy atom. The van der Waals surface area contributed by atoms with Gasteiger partial charge in [-0.1, -0.05) is 13.8 Å². The zero-order valence-electron chi connectivity index (χ0n) is 8.01. The van der Waals surface area contributed by atoms with Gasteiger partial charge in [-0.05, 0) is 26.2 Å². The molecule has 1 rings (SSSR count). The van der Waals surface area contributed by atoms with E-state index in [4.69, 9.17) is 16.4 Å². The van der Waals surface area contributed by atoms with E-state index in [1.54, 1.807) is 0 Å². The SMILES string of the molecule is [CH]CC1COC(CC)(CC)OC1. The fourth-order valence-electron chi connectivity index (χ4n) is 1.42. The van der Waals surface area contributed by atoms with Crippen molar-refractivity contribution in [1.82, 2.24) is 0 Å². The van der Waals surface area contributed by atoms with Gasteiger partial charge in [0.2, 0.25) is 0 Å². The Labute approximate surface area is 75.2 Å². The quantitative estimate of drug-likeness (QED) is 0.647. The third-order valence-electron chi connectivity index (χ3n) is 2.57. The van der Waals surface area contributed by atoms with E-state index in [2.05, 4.69) is 13.8 Å². The van der Waals surface area contributed by atoms with Crippen LogP contribution >= 0.6 is 0 Å². The molecule has 0 saturated carbocycles. The van der Waals surface area contributed by atoms with E-state index in [0.717, 1.165) is 26.1 Å². The second kappa shape index (κ2) is 4.24. The van der Waals surface area contributed by atoms with E-state index in [0.29, 0.717) is 12.3 Å². The van der Waals surface area contributed by atoms with E-state index >= 15 is 0 Å². The lowest BCUT2D eigenvalue weighted by molar-refractivity contribution is -0.285. The van der Waals surface area contributed by atoms with Gasteiger partial charge in [0.15, 0.2) is 5.79 Å². The molecule has 1 heterocycles. The Morgan fingerprint density at radius 2 is 1.75 bits per heavy atom. The molecule has 2 radical (unpaired) electrons. The Hall–Kier alpha value is -0.0800. The first-order valence-corrected chi connectivity index (χ1v) is 4.74. The minimum atomic E-state index is -0.314. The first-order chi connectivity index (χ1) is 5.76. The van der Waals surface area contributed by atoms with Gasteiger partial charge in [0.25, 0.3) is 0 Å². The van der Waals surface area contributed by atoms with Gasteiger partial charge < -0.3 is 9.47 Å². The van der Waals surface area contributed by atoms with E-state index in [-0.39, 0.29) is 5.79 Å². The molecule has 0 unspecified atom stereocenters. The zero-order valence-corrected chi connectivity index (χ0v) is 8.01. The van der Waals surface area contributed by atoms with Crippen LogP contribution < -0.4 is 0 Å². The minimum absolute atomic E-state index is 0.314. The molecule has 1 aliphatic rings. The minimum Gasteiger partial charge on any atom is -0.350 e. The maximum absolute atomic E-state index is 5.67. The highest BCUT2D eigenvalue weighted by Crippen LogP contribution is 2.28. The fourth-order valence-corrected chi connectivity index (χ4v) is 1.42. The van der Waals surface area contributed by atoms with Crippen LogP contribution in [0, 0.1) is 12.8 Å². The molecule has 0 N–H and O–H groups in total. The topological polar surface area (TPSA) is 18.5 Å². The summed E-state index contributed by atoms with van der Waals surface area (Å²) in [7, 11) is 0. The van der Waals surface area contributed by atoms with Crippen LogP contribution in [0.4, 0.5) is 0 Å². The van der Waals surface area contributed by atoms with Crippen LogP contribution in [-0.4, -0.2) is 19.0 Å². The Bertz CT molecular complexity index is 120. The molecule has 0 atom stereocenters. The smallest absolute Gasteiger partial charge is 0.167 e. The summed E-state index contributed by atoms with van der Waals surface area (Å²) in [6.45, 7) is 11.2. The molecule has 1 aliphatic heterocycles. The number of hydrogen-bond acceptors (Lipinski definition) is 2. The number of rotatable bonds is 3. The second-order valence-corrected chi connectivity index (χ2v) is 3.34. The highest BCUT2D eigenvalue weighted by molar-refractivity contribution is 4.73. The van der Waals surface area contributed by atoms with E-state index in [1.807, 2.05) is 0 Å². The zero-order chi connectivity index (χ0) is 9.03. The van der Waals surface area contributed by atoms with Crippen molar-refractivity contribution in [3.8, 4) is 0 Å². The molecule has 0 aliphatic carbocycles. The van der Waals surface area contributed by atoms with Gasteiger partial charge in [-0.25, -0.2) is 0 Å². The number of hydrogen-bond donors (Lipinski definition) is 0. The fraction of sp³-hybridized carbons (Fsp3) is 0.900. The number of ether oxygens (including phenoxy) is 2. The van der Waals surface area contributed by atoms with Crippen LogP contribution in [0.1, 0.15) is 33.1 Å². The summed E-state index contributed by atoms with van der Waals surface area (Å²) < 4.78 is 11.3.